The van der Waals surface area contributed by atoms with Crippen molar-refractivity contribution in [2.75, 3.05) is 52.5 Å². The van der Waals surface area contributed by atoms with Crippen LogP contribution in [0.3, 0.4) is 0 Å². The minimum Gasteiger partial charge on any atom is -0.378 e. The lowest BCUT2D eigenvalue weighted by Gasteiger charge is -2.46. The van der Waals surface area contributed by atoms with Crippen LogP contribution < -0.4 is 5.32 Å². The summed E-state index contributed by atoms with van der Waals surface area (Å²) in [6.07, 6.45) is 0. The molecule has 0 unspecified atom stereocenters. The average Bonchev–Trinajstić information content (AvgIpc) is 2.02. The molecule has 3 rings (SSSR count). The molecule has 4 nitrogen and oxygen atoms in total. The van der Waals surface area contributed by atoms with Gasteiger partial charge in [-0.15, -0.1) is 0 Å². The van der Waals surface area contributed by atoms with Crippen molar-refractivity contribution in [3.63, 3.8) is 0 Å². The van der Waals surface area contributed by atoms with Gasteiger partial charge in [0.1, 0.15) is 0 Å². The Morgan fingerprint density at radius 2 is 1.43 bits per heavy atom. The van der Waals surface area contributed by atoms with Crippen LogP contribution in [0.25, 0.3) is 0 Å². The summed E-state index contributed by atoms with van der Waals surface area (Å²) in [5, 5.41) is 3.34. The van der Waals surface area contributed by atoms with E-state index in [-0.39, 0.29) is 0 Å². The van der Waals surface area contributed by atoms with E-state index in [1.54, 1.807) is 0 Å². The van der Waals surface area contributed by atoms with Crippen LogP contribution in [0.5, 0.6) is 0 Å². The molecule has 0 amide bonds. The Bertz CT molecular complexity index is 174. The summed E-state index contributed by atoms with van der Waals surface area (Å²) in [5.41, 5.74) is 0. The molecule has 80 valence electrons. The first-order valence-corrected chi connectivity index (χ1v) is 5.70. The number of hydrogen-bond acceptors (Lipinski definition) is 4. The fourth-order valence-electron chi connectivity index (χ4n) is 2.43. The maximum Gasteiger partial charge on any atom is 0.0645 e. The molecule has 3 aliphatic heterocycles. The molecular formula is C10H19N3O. The quantitative estimate of drug-likeness (QED) is 0.613. The van der Waals surface area contributed by atoms with Crippen LogP contribution in [-0.2, 0) is 4.74 Å². The van der Waals surface area contributed by atoms with Gasteiger partial charge in [0.25, 0.3) is 0 Å². The van der Waals surface area contributed by atoms with Gasteiger partial charge in [-0.1, -0.05) is 0 Å². The molecule has 0 spiro atoms. The number of hydrogen-bond donors (Lipinski definition) is 1. The third kappa shape index (κ3) is 1.56. The van der Waals surface area contributed by atoms with Crippen molar-refractivity contribution in [2.45, 2.75) is 12.1 Å². The summed E-state index contributed by atoms with van der Waals surface area (Å²) >= 11 is 0. The van der Waals surface area contributed by atoms with Crippen LogP contribution in [0.2, 0.25) is 0 Å². The van der Waals surface area contributed by atoms with Gasteiger partial charge in [-0.25, -0.2) is 0 Å². The second-order valence-electron chi connectivity index (χ2n) is 4.58. The normalized spacial score (nSPS) is 32.6. The largest absolute Gasteiger partial charge is 0.378 e. The van der Waals surface area contributed by atoms with Gasteiger partial charge in [-0.05, 0) is 0 Å². The Labute approximate surface area is 85.2 Å². The Morgan fingerprint density at radius 1 is 0.857 bits per heavy atom. The third-order valence-corrected chi connectivity index (χ3v) is 3.76. The molecular weight excluding hydrogens is 178 g/mol. The van der Waals surface area contributed by atoms with Crippen molar-refractivity contribution in [1.29, 1.82) is 0 Å². The van der Waals surface area contributed by atoms with Gasteiger partial charge in [0.2, 0.25) is 0 Å². The number of nitrogens with one attached hydrogen (secondary N) is 1. The molecule has 0 bridgehead atoms. The maximum absolute atomic E-state index is 5.23. The van der Waals surface area contributed by atoms with E-state index in [0.29, 0.717) is 0 Å². The summed E-state index contributed by atoms with van der Waals surface area (Å²) in [6, 6.07) is 1.56. The first kappa shape index (κ1) is 9.09. The van der Waals surface area contributed by atoms with E-state index in [0.717, 1.165) is 25.3 Å². The molecule has 3 saturated heterocycles. The van der Waals surface area contributed by atoms with E-state index < -0.39 is 0 Å². The molecule has 3 fully saturated rings. The van der Waals surface area contributed by atoms with Crippen molar-refractivity contribution >= 4 is 0 Å². The van der Waals surface area contributed by atoms with E-state index in [1.165, 1.54) is 39.3 Å². The van der Waals surface area contributed by atoms with Crippen molar-refractivity contribution in [2.24, 2.45) is 0 Å². The molecule has 1 N–H and O–H groups in total. The Morgan fingerprint density at radius 3 is 1.79 bits per heavy atom. The zero-order chi connectivity index (χ0) is 9.38. The first-order chi connectivity index (χ1) is 6.93. The van der Waals surface area contributed by atoms with E-state index in [4.69, 9.17) is 4.74 Å². The molecule has 3 aliphatic rings. The molecule has 3 heterocycles. The Balaban J connectivity index is 1.46. The molecule has 0 aromatic rings. The first-order valence-electron chi connectivity index (χ1n) is 5.70. The Kier molecular flexibility index (Phi) is 2.45. The van der Waals surface area contributed by atoms with Crippen molar-refractivity contribution < 1.29 is 4.74 Å². The van der Waals surface area contributed by atoms with Crippen LogP contribution >= 0.6 is 0 Å². The zero-order valence-corrected chi connectivity index (χ0v) is 8.61. The van der Waals surface area contributed by atoms with Gasteiger partial charge in [-0.2, -0.15) is 0 Å². The maximum atomic E-state index is 5.23. The number of piperazine rings is 1. The number of nitrogens with zero attached hydrogens (tertiary/aromatic N) is 2. The van der Waals surface area contributed by atoms with Crippen molar-refractivity contribution in [1.82, 2.24) is 15.1 Å². The van der Waals surface area contributed by atoms with Crippen LogP contribution in [0, 0.1) is 0 Å². The molecule has 0 aromatic carbocycles. The van der Waals surface area contributed by atoms with Crippen LogP contribution in [-0.4, -0.2) is 74.4 Å². The summed E-state index contributed by atoms with van der Waals surface area (Å²) in [4.78, 5) is 5.22. The fraction of sp³-hybridized carbons (Fsp3) is 1.00. The van der Waals surface area contributed by atoms with Gasteiger partial charge < -0.3 is 10.1 Å². The van der Waals surface area contributed by atoms with Crippen LogP contribution in [0.4, 0.5) is 0 Å². The summed E-state index contributed by atoms with van der Waals surface area (Å²) in [5.74, 6) is 0. The molecule has 0 radical (unpaired) electrons. The Hall–Kier alpha value is -0.160. The summed E-state index contributed by atoms with van der Waals surface area (Å²) in [7, 11) is 0. The zero-order valence-electron chi connectivity index (χ0n) is 8.61. The van der Waals surface area contributed by atoms with Crippen molar-refractivity contribution in [3.05, 3.63) is 0 Å². The monoisotopic (exact) mass is 197 g/mol. The second-order valence-corrected chi connectivity index (χ2v) is 4.58. The van der Waals surface area contributed by atoms with Gasteiger partial charge in [0.05, 0.1) is 19.3 Å². The summed E-state index contributed by atoms with van der Waals surface area (Å²) < 4.78 is 5.23. The van der Waals surface area contributed by atoms with E-state index >= 15 is 0 Å². The molecule has 0 aromatic heterocycles. The van der Waals surface area contributed by atoms with Gasteiger partial charge in [0.15, 0.2) is 0 Å². The topological polar surface area (TPSA) is 27.7 Å². The van der Waals surface area contributed by atoms with Gasteiger partial charge in [0, 0.05) is 45.3 Å². The predicted octanol–water partition coefficient (Wildman–Crippen LogP) is -1.03. The van der Waals surface area contributed by atoms with Crippen LogP contribution in [0.15, 0.2) is 0 Å². The highest BCUT2D eigenvalue weighted by Crippen LogP contribution is 2.15. The molecule has 0 aliphatic carbocycles. The number of rotatable bonds is 2. The highest BCUT2D eigenvalue weighted by atomic mass is 16.5. The lowest BCUT2D eigenvalue weighted by molar-refractivity contribution is -0.0811. The third-order valence-electron chi connectivity index (χ3n) is 3.76. The molecule has 14 heavy (non-hydrogen) atoms. The highest BCUT2D eigenvalue weighted by molar-refractivity contribution is 4.89. The lowest BCUT2D eigenvalue weighted by Crippen LogP contribution is -2.63. The molecule has 0 atom stereocenters. The van der Waals surface area contributed by atoms with Crippen molar-refractivity contribution in [3.8, 4) is 0 Å². The smallest absolute Gasteiger partial charge is 0.0645 e. The van der Waals surface area contributed by atoms with E-state index in [2.05, 4.69) is 15.1 Å². The number of ether oxygens (including phenoxy) is 1. The second kappa shape index (κ2) is 3.77. The highest BCUT2D eigenvalue weighted by Gasteiger charge is 2.32. The minimum atomic E-state index is 0.733. The summed E-state index contributed by atoms with van der Waals surface area (Å²) in [6.45, 7) is 9.32. The van der Waals surface area contributed by atoms with Crippen LogP contribution in [0.1, 0.15) is 0 Å². The molecule has 0 saturated carbocycles. The predicted molar refractivity (Wildman–Crippen MR) is 54.4 cm³/mol. The molecule has 4 heteroatoms. The standard InChI is InChI=1S/C10H19N3O/c1-3-13(10-7-14-8-10)4-2-12(1)9-5-11-6-9/h9-11H,1-8H2. The lowest BCUT2D eigenvalue weighted by atomic mass is 10.1. The average molecular weight is 197 g/mol. The fourth-order valence-corrected chi connectivity index (χ4v) is 2.43. The minimum absolute atomic E-state index is 0.733. The van der Waals surface area contributed by atoms with Gasteiger partial charge in [-0.3, -0.25) is 9.80 Å². The SMILES string of the molecule is C1NCC1N1CCN(C2COC2)CC1. The van der Waals surface area contributed by atoms with E-state index in [9.17, 15) is 0 Å². The van der Waals surface area contributed by atoms with E-state index in [1.807, 2.05) is 0 Å². The van der Waals surface area contributed by atoms with Gasteiger partial charge >= 0.3 is 0 Å².